The summed E-state index contributed by atoms with van der Waals surface area (Å²) in [4.78, 5) is 21.8. The van der Waals surface area contributed by atoms with E-state index in [2.05, 4.69) is 15.3 Å². The lowest BCUT2D eigenvalue weighted by Gasteiger charge is -2.01. The van der Waals surface area contributed by atoms with Crippen molar-refractivity contribution in [3.05, 3.63) is 71.3 Å². The number of hydrogen-bond donors (Lipinski definition) is 1. The molecule has 0 unspecified atom stereocenters. The fourth-order valence-electron chi connectivity index (χ4n) is 2.95. The number of nitrogens with zero attached hydrogens (tertiary/aromatic N) is 2. The molecule has 0 radical (unpaired) electrons. The summed E-state index contributed by atoms with van der Waals surface area (Å²) in [6.45, 7) is 0. The van der Waals surface area contributed by atoms with E-state index in [1.807, 2.05) is 66.7 Å². The number of carbonyl (C=O) groups is 1. The first-order valence-corrected chi connectivity index (χ1v) is 10.7. The number of aliphatic imine (C=N–C) groups is 1. The van der Waals surface area contributed by atoms with Gasteiger partial charge in [0, 0.05) is 0 Å². The molecule has 4 aromatic rings. The number of aromatic nitrogens is 1. The lowest BCUT2D eigenvalue weighted by atomic mass is 10.3. The second kappa shape index (κ2) is 7.81. The second-order valence-electron chi connectivity index (χ2n) is 6.37. The Morgan fingerprint density at radius 2 is 1.93 bits per heavy atom. The van der Waals surface area contributed by atoms with Crippen LogP contribution in [0.25, 0.3) is 27.1 Å². The van der Waals surface area contributed by atoms with Crippen LogP contribution in [0.1, 0.15) is 5.76 Å². The third-order valence-electron chi connectivity index (χ3n) is 4.37. The average Bonchev–Trinajstić information content (AvgIpc) is 3.47. The van der Waals surface area contributed by atoms with Crippen molar-refractivity contribution < 1.29 is 13.9 Å². The Bertz CT molecular complexity index is 1270. The molecular weight excluding hydrogens is 418 g/mol. The van der Waals surface area contributed by atoms with E-state index in [9.17, 15) is 4.79 Å². The summed E-state index contributed by atoms with van der Waals surface area (Å²) in [6.07, 6.45) is 1.81. The van der Waals surface area contributed by atoms with Gasteiger partial charge >= 0.3 is 0 Å². The number of rotatable bonds is 4. The lowest BCUT2D eigenvalue weighted by molar-refractivity contribution is 0.265. The van der Waals surface area contributed by atoms with Crippen molar-refractivity contribution in [2.24, 2.45) is 4.99 Å². The molecule has 148 valence electrons. The summed E-state index contributed by atoms with van der Waals surface area (Å²) in [5.41, 5.74) is 1.66. The van der Waals surface area contributed by atoms with E-state index in [-0.39, 0.29) is 5.24 Å². The molecule has 8 heteroatoms. The van der Waals surface area contributed by atoms with Crippen LogP contribution in [-0.2, 0) is 0 Å². The predicted octanol–water partition coefficient (Wildman–Crippen LogP) is 6.09. The van der Waals surface area contributed by atoms with Gasteiger partial charge in [-0.25, -0.2) is 9.98 Å². The first-order valence-electron chi connectivity index (χ1n) is 9.07. The summed E-state index contributed by atoms with van der Waals surface area (Å²) in [5.74, 6) is 2.57. The van der Waals surface area contributed by atoms with Crippen molar-refractivity contribution in [3.8, 4) is 16.5 Å². The molecule has 0 spiro atoms. The highest BCUT2D eigenvalue weighted by molar-refractivity contribution is 8.18. The normalized spacial score (nSPS) is 16.5. The van der Waals surface area contributed by atoms with Crippen LogP contribution >= 0.6 is 23.1 Å². The zero-order valence-electron chi connectivity index (χ0n) is 15.8. The second-order valence-corrected chi connectivity index (χ2v) is 8.42. The first-order chi connectivity index (χ1) is 14.7. The monoisotopic (exact) mass is 433 g/mol. The smallest absolute Gasteiger partial charge is 0.289 e. The van der Waals surface area contributed by atoms with Gasteiger partial charge in [-0.15, -0.1) is 11.3 Å². The largest absolute Gasteiger partial charge is 0.497 e. The van der Waals surface area contributed by atoms with E-state index >= 15 is 0 Å². The summed E-state index contributed by atoms with van der Waals surface area (Å²) in [5, 5.41) is 3.43. The molecule has 2 aromatic heterocycles. The van der Waals surface area contributed by atoms with Crippen LogP contribution in [0.4, 0.5) is 10.5 Å². The van der Waals surface area contributed by atoms with Crippen molar-refractivity contribution in [2.45, 2.75) is 0 Å². The van der Waals surface area contributed by atoms with Crippen LogP contribution in [0.3, 0.4) is 0 Å². The molecule has 1 fully saturated rings. The van der Waals surface area contributed by atoms with E-state index < -0.39 is 0 Å². The summed E-state index contributed by atoms with van der Waals surface area (Å²) < 4.78 is 12.2. The number of thiazole rings is 1. The number of hydrogen-bond acceptors (Lipinski definition) is 7. The molecule has 1 N–H and O–H groups in total. The maximum absolute atomic E-state index is 11.9. The van der Waals surface area contributed by atoms with E-state index in [0.29, 0.717) is 27.9 Å². The Morgan fingerprint density at radius 1 is 1.10 bits per heavy atom. The SMILES string of the molecule is COc1ccc(N=C2NC(=O)S/C2=C\c2ccc(-c3nc4ccccc4s3)o2)cc1. The number of fused-ring (bicyclic) bond motifs is 1. The van der Waals surface area contributed by atoms with Crippen LogP contribution in [-0.4, -0.2) is 23.2 Å². The molecule has 6 nitrogen and oxygen atoms in total. The van der Waals surface area contributed by atoms with Gasteiger partial charge in [0.2, 0.25) is 0 Å². The van der Waals surface area contributed by atoms with Gasteiger partial charge in [-0.1, -0.05) is 12.1 Å². The van der Waals surface area contributed by atoms with Gasteiger partial charge in [0.05, 0.1) is 27.9 Å². The molecule has 3 heterocycles. The number of amides is 1. The van der Waals surface area contributed by atoms with E-state index in [1.54, 1.807) is 18.4 Å². The van der Waals surface area contributed by atoms with Crippen LogP contribution < -0.4 is 10.1 Å². The van der Waals surface area contributed by atoms with E-state index in [1.165, 1.54) is 0 Å². The molecule has 1 aliphatic rings. The van der Waals surface area contributed by atoms with Gasteiger partial charge in [0.1, 0.15) is 17.3 Å². The van der Waals surface area contributed by atoms with Gasteiger partial charge in [0.15, 0.2) is 10.8 Å². The number of methoxy groups -OCH3 is 1. The number of amidine groups is 1. The average molecular weight is 434 g/mol. The zero-order chi connectivity index (χ0) is 20.5. The van der Waals surface area contributed by atoms with Crippen molar-refractivity contribution >= 4 is 56.2 Å². The Hall–Kier alpha value is -3.36. The standard InChI is InChI=1S/C22H15N3O3S2/c1-27-14-8-6-13(7-9-14)23-20-19(30-22(26)25-20)12-15-10-11-17(28-15)21-24-16-4-2-3-5-18(16)29-21/h2-12H,1H3,(H,23,25,26)/b19-12-. The summed E-state index contributed by atoms with van der Waals surface area (Å²) in [6, 6.07) is 19.0. The molecular formula is C22H15N3O3S2. The molecule has 0 atom stereocenters. The first kappa shape index (κ1) is 18.7. The van der Waals surface area contributed by atoms with Crippen molar-refractivity contribution in [2.75, 3.05) is 7.11 Å². The van der Waals surface area contributed by atoms with Crippen LogP contribution in [0.2, 0.25) is 0 Å². The van der Waals surface area contributed by atoms with Crippen molar-refractivity contribution in [1.29, 1.82) is 0 Å². The number of para-hydroxylation sites is 1. The molecule has 1 amide bonds. The maximum Gasteiger partial charge on any atom is 0.289 e. The Kier molecular flexibility index (Phi) is 4.86. The predicted molar refractivity (Wildman–Crippen MR) is 122 cm³/mol. The maximum atomic E-state index is 11.9. The number of ether oxygens (including phenoxy) is 1. The number of thioether (sulfide) groups is 1. The molecule has 0 saturated carbocycles. The van der Waals surface area contributed by atoms with Gasteiger partial charge < -0.3 is 14.5 Å². The van der Waals surface area contributed by atoms with Crippen LogP contribution in [0, 0.1) is 0 Å². The molecule has 1 aliphatic heterocycles. The molecule has 5 rings (SSSR count). The molecule has 1 saturated heterocycles. The minimum atomic E-state index is -0.175. The Balaban J connectivity index is 1.44. The number of furan rings is 1. The fraction of sp³-hybridized carbons (Fsp3) is 0.0455. The highest BCUT2D eigenvalue weighted by atomic mass is 32.2. The van der Waals surface area contributed by atoms with Gasteiger partial charge in [-0.3, -0.25) is 4.79 Å². The molecule has 0 aliphatic carbocycles. The zero-order valence-corrected chi connectivity index (χ0v) is 17.4. The van der Waals surface area contributed by atoms with E-state index in [0.717, 1.165) is 32.7 Å². The van der Waals surface area contributed by atoms with E-state index in [4.69, 9.17) is 9.15 Å². The van der Waals surface area contributed by atoms with Gasteiger partial charge in [-0.05, 0) is 66.4 Å². The third kappa shape index (κ3) is 3.74. The van der Waals surface area contributed by atoms with Crippen LogP contribution in [0.15, 0.2) is 75.0 Å². The number of nitrogens with one attached hydrogen (secondary N) is 1. The third-order valence-corrected chi connectivity index (χ3v) is 6.24. The number of carbonyl (C=O) groups excluding carboxylic acids is 1. The quantitative estimate of drug-likeness (QED) is 0.421. The van der Waals surface area contributed by atoms with Crippen LogP contribution in [0.5, 0.6) is 5.75 Å². The summed E-state index contributed by atoms with van der Waals surface area (Å²) >= 11 is 2.67. The molecule has 0 bridgehead atoms. The van der Waals surface area contributed by atoms with Gasteiger partial charge in [0.25, 0.3) is 5.24 Å². The van der Waals surface area contributed by atoms with Crippen molar-refractivity contribution in [3.63, 3.8) is 0 Å². The minimum absolute atomic E-state index is 0.175. The highest BCUT2D eigenvalue weighted by Crippen LogP contribution is 2.33. The Morgan fingerprint density at radius 3 is 2.73 bits per heavy atom. The lowest BCUT2D eigenvalue weighted by Crippen LogP contribution is -2.18. The van der Waals surface area contributed by atoms with Crippen molar-refractivity contribution in [1.82, 2.24) is 10.3 Å². The minimum Gasteiger partial charge on any atom is -0.497 e. The summed E-state index contributed by atoms with van der Waals surface area (Å²) in [7, 11) is 1.61. The van der Waals surface area contributed by atoms with Gasteiger partial charge in [-0.2, -0.15) is 0 Å². The number of benzene rings is 2. The highest BCUT2D eigenvalue weighted by Gasteiger charge is 2.24. The molecule has 30 heavy (non-hydrogen) atoms. The Labute approximate surface area is 180 Å². The topological polar surface area (TPSA) is 76.7 Å². The molecule has 2 aromatic carbocycles. The fourth-order valence-corrected chi connectivity index (χ4v) is 4.59.